The summed E-state index contributed by atoms with van der Waals surface area (Å²) in [6.07, 6.45) is 21.8. The summed E-state index contributed by atoms with van der Waals surface area (Å²) in [6.45, 7) is 3.42. The van der Waals surface area contributed by atoms with E-state index in [1.165, 1.54) is 64.2 Å². The summed E-state index contributed by atoms with van der Waals surface area (Å²) in [4.78, 5) is 4.02. The van der Waals surface area contributed by atoms with E-state index in [2.05, 4.69) is 16.5 Å². The van der Waals surface area contributed by atoms with Gasteiger partial charge in [0.25, 0.3) is 0 Å². The first-order chi connectivity index (χ1) is 8.93. The number of rotatable bonds is 11. The van der Waals surface area contributed by atoms with Gasteiger partial charge in [0.1, 0.15) is 6.54 Å². The molecule has 110 valence electrons. The molecule has 0 spiro atoms. The first-order valence-electron chi connectivity index (χ1n) is 7.72. The van der Waals surface area contributed by atoms with Crippen LogP contribution in [0, 0.1) is 0 Å². The number of hydrogen-bond donors (Lipinski definition) is 0. The average molecular weight is 285 g/mol. The maximum absolute atomic E-state index is 4.02. The third kappa shape index (κ3) is 10.9. The van der Waals surface area contributed by atoms with Crippen molar-refractivity contribution in [1.82, 2.24) is 4.98 Å². The van der Waals surface area contributed by atoms with Crippen molar-refractivity contribution < 1.29 is 17.0 Å². The van der Waals surface area contributed by atoms with Crippen LogP contribution < -0.4 is 17.0 Å². The number of aromatic nitrogens is 2. The van der Waals surface area contributed by atoms with Crippen molar-refractivity contribution in [1.29, 1.82) is 0 Å². The van der Waals surface area contributed by atoms with E-state index in [-0.39, 0.29) is 12.4 Å². The largest absolute Gasteiger partial charge is 1.00 e. The molecule has 0 unspecified atom stereocenters. The Morgan fingerprint density at radius 3 is 1.74 bits per heavy atom. The van der Waals surface area contributed by atoms with E-state index in [9.17, 15) is 0 Å². The molecule has 1 aromatic heterocycles. The molecular formula is C16H29ClN2. The molecule has 0 aromatic carbocycles. The highest BCUT2D eigenvalue weighted by molar-refractivity contribution is 4.62. The molecule has 0 aliphatic carbocycles. The molecule has 0 fully saturated rings. The molecule has 1 rings (SSSR count). The minimum Gasteiger partial charge on any atom is -1.00 e. The standard InChI is InChI=1S/C16H29N2.ClH/c1-2-3-4-5-6-7-8-9-10-11-14-18-15-12-17-13-16-18;/h12-13,15-16H,2-11,14H2,1H3;1H/q+1;/p-1. The smallest absolute Gasteiger partial charge is 0.187 e. The van der Waals surface area contributed by atoms with Gasteiger partial charge >= 0.3 is 0 Å². The van der Waals surface area contributed by atoms with E-state index in [0.29, 0.717) is 0 Å². The number of hydrogen-bond acceptors (Lipinski definition) is 1. The van der Waals surface area contributed by atoms with Crippen molar-refractivity contribution in [2.24, 2.45) is 0 Å². The fraction of sp³-hybridized carbons (Fsp3) is 0.750. The Balaban J connectivity index is 0.00000324. The number of halogens is 1. The van der Waals surface area contributed by atoms with Gasteiger partial charge in [-0.1, -0.05) is 58.3 Å². The molecule has 0 saturated carbocycles. The Morgan fingerprint density at radius 1 is 0.737 bits per heavy atom. The van der Waals surface area contributed by atoms with Gasteiger partial charge in [-0.15, -0.1) is 0 Å². The van der Waals surface area contributed by atoms with Crippen LogP contribution in [-0.4, -0.2) is 4.98 Å². The highest BCUT2D eigenvalue weighted by Gasteiger charge is 1.98. The van der Waals surface area contributed by atoms with Crippen molar-refractivity contribution in [2.45, 2.75) is 77.7 Å². The second-order valence-corrected chi connectivity index (χ2v) is 5.17. The molecule has 0 radical (unpaired) electrons. The van der Waals surface area contributed by atoms with Crippen LogP contribution in [0.2, 0.25) is 0 Å². The normalized spacial score (nSPS) is 10.2. The molecule has 0 aliphatic rings. The second-order valence-electron chi connectivity index (χ2n) is 5.17. The lowest BCUT2D eigenvalue weighted by atomic mass is 10.1. The second kappa shape index (κ2) is 13.8. The van der Waals surface area contributed by atoms with E-state index in [4.69, 9.17) is 0 Å². The van der Waals surface area contributed by atoms with Gasteiger partial charge in [0, 0.05) is 6.42 Å². The Kier molecular flexibility index (Phi) is 13.3. The summed E-state index contributed by atoms with van der Waals surface area (Å²) < 4.78 is 2.22. The summed E-state index contributed by atoms with van der Waals surface area (Å²) in [5.74, 6) is 0. The molecular weight excluding hydrogens is 256 g/mol. The van der Waals surface area contributed by atoms with Crippen LogP contribution in [0.5, 0.6) is 0 Å². The van der Waals surface area contributed by atoms with Crippen molar-refractivity contribution in [3.63, 3.8) is 0 Å². The minimum absolute atomic E-state index is 0. The molecule has 0 saturated heterocycles. The van der Waals surface area contributed by atoms with E-state index in [1.54, 1.807) is 0 Å². The van der Waals surface area contributed by atoms with Crippen molar-refractivity contribution >= 4 is 0 Å². The van der Waals surface area contributed by atoms with Gasteiger partial charge in [-0.05, 0) is 6.42 Å². The van der Waals surface area contributed by atoms with Crippen molar-refractivity contribution in [2.75, 3.05) is 0 Å². The van der Waals surface area contributed by atoms with Crippen LogP contribution in [0.4, 0.5) is 0 Å². The molecule has 1 heterocycles. The third-order valence-corrected chi connectivity index (χ3v) is 3.46. The molecule has 0 atom stereocenters. The van der Waals surface area contributed by atoms with Crippen LogP contribution in [0.15, 0.2) is 24.8 Å². The number of unbranched alkanes of at least 4 members (excludes halogenated alkanes) is 9. The highest BCUT2D eigenvalue weighted by atomic mass is 35.5. The number of nitrogens with zero attached hydrogens (tertiary/aromatic N) is 2. The van der Waals surface area contributed by atoms with Crippen LogP contribution >= 0.6 is 0 Å². The van der Waals surface area contributed by atoms with Gasteiger partial charge in [-0.3, -0.25) is 4.98 Å². The number of aryl methyl sites for hydroxylation is 1. The average Bonchev–Trinajstić information content (AvgIpc) is 2.42. The molecule has 0 N–H and O–H groups in total. The maximum atomic E-state index is 4.02. The molecule has 0 bridgehead atoms. The molecule has 2 nitrogen and oxygen atoms in total. The van der Waals surface area contributed by atoms with E-state index >= 15 is 0 Å². The molecule has 19 heavy (non-hydrogen) atoms. The third-order valence-electron chi connectivity index (χ3n) is 3.46. The lowest BCUT2D eigenvalue weighted by Crippen LogP contribution is -3.00. The molecule has 0 amide bonds. The molecule has 1 aromatic rings. The maximum Gasteiger partial charge on any atom is 0.187 e. The topological polar surface area (TPSA) is 16.8 Å². The van der Waals surface area contributed by atoms with Crippen molar-refractivity contribution in [3.8, 4) is 0 Å². The quantitative estimate of drug-likeness (QED) is 0.442. The minimum atomic E-state index is 0. The molecule has 0 aliphatic heterocycles. The summed E-state index contributed by atoms with van der Waals surface area (Å²) in [5, 5.41) is 0. The van der Waals surface area contributed by atoms with E-state index in [0.717, 1.165) is 6.54 Å². The van der Waals surface area contributed by atoms with Gasteiger partial charge in [0.2, 0.25) is 0 Å². The van der Waals surface area contributed by atoms with E-state index in [1.807, 2.05) is 24.8 Å². The SMILES string of the molecule is CCCCCCCCCCCC[n+]1ccncc1.[Cl-]. The summed E-state index contributed by atoms with van der Waals surface area (Å²) in [7, 11) is 0. The zero-order valence-electron chi connectivity index (χ0n) is 12.4. The first-order valence-corrected chi connectivity index (χ1v) is 7.72. The van der Waals surface area contributed by atoms with Crippen LogP contribution in [0.3, 0.4) is 0 Å². The van der Waals surface area contributed by atoms with Crippen LogP contribution in [0.1, 0.15) is 71.1 Å². The monoisotopic (exact) mass is 284 g/mol. The predicted octanol–water partition coefficient (Wildman–Crippen LogP) is 1.29. The highest BCUT2D eigenvalue weighted by Crippen LogP contribution is 2.10. The Labute approximate surface area is 125 Å². The van der Waals surface area contributed by atoms with Gasteiger partial charge in [-0.25, -0.2) is 4.57 Å². The van der Waals surface area contributed by atoms with Crippen LogP contribution in [-0.2, 0) is 6.54 Å². The predicted molar refractivity (Wildman–Crippen MR) is 76.3 cm³/mol. The Morgan fingerprint density at radius 2 is 1.21 bits per heavy atom. The Hall–Kier alpha value is -0.630. The van der Waals surface area contributed by atoms with E-state index < -0.39 is 0 Å². The van der Waals surface area contributed by atoms with Crippen molar-refractivity contribution in [3.05, 3.63) is 24.8 Å². The fourth-order valence-electron chi connectivity index (χ4n) is 2.28. The first kappa shape index (κ1) is 18.4. The van der Waals surface area contributed by atoms with Gasteiger partial charge < -0.3 is 12.4 Å². The summed E-state index contributed by atoms with van der Waals surface area (Å²) >= 11 is 0. The fourth-order valence-corrected chi connectivity index (χ4v) is 2.28. The van der Waals surface area contributed by atoms with Gasteiger partial charge in [-0.2, -0.15) is 0 Å². The molecule has 3 heteroatoms. The summed E-state index contributed by atoms with van der Waals surface area (Å²) in [5.41, 5.74) is 0. The summed E-state index contributed by atoms with van der Waals surface area (Å²) in [6, 6.07) is 0. The zero-order valence-corrected chi connectivity index (χ0v) is 13.1. The van der Waals surface area contributed by atoms with Crippen LogP contribution in [0.25, 0.3) is 0 Å². The lowest BCUT2D eigenvalue weighted by Gasteiger charge is -2.01. The Bertz CT molecular complexity index is 277. The van der Waals surface area contributed by atoms with Gasteiger partial charge in [0.15, 0.2) is 12.4 Å². The zero-order chi connectivity index (χ0) is 12.9. The lowest BCUT2D eigenvalue weighted by molar-refractivity contribution is -0.697. The van der Waals surface area contributed by atoms with Gasteiger partial charge in [0.05, 0.1) is 12.4 Å².